The quantitative estimate of drug-likeness (QED) is 0.889. The summed E-state index contributed by atoms with van der Waals surface area (Å²) in [6.45, 7) is 3.72. The number of anilines is 1. The van der Waals surface area contributed by atoms with Crippen LogP contribution in [0.3, 0.4) is 0 Å². The third kappa shape index (κ3) is 3.46. The van der Waals surface area contributed by atoms with Crippen molar-refractivity contribution in [2.24, 2.45) is 5.73 Å². The van der Waals surface area contributed by atoms with E-state index in [0.717, 1.165) is 21.8 Å². The summed E-state index contributed by atoms with van der Waals surface area (Å²) < 4.78 is 5.08. The number of methoxy groups -OCH3 is 1. The van der Waals surface area contributed by atoms with Crippen LogP contribution in [0.15, 0.2) is 24.3 Å². The van der Waals surface area contributed by atoms with E-state index in [9.17, 15) is 9.59 Å². The summed E-state index contributed by atoms with van der Waals surface area (Å²) in [5.74, 6) is 0.0280. The summed E-state index contributed by atoms with van der Waals surface area (Å²) in [6, 6.07) is 7.27. The first-order chi connectivity index (χ1) is 10.4. The van der Waals surface area contributed by atoms with Gasteiger partial charge < -0.3 is 15.8 Å². The summed E-state index contributed by atoms with van der Waals surface area (Å²) in [5.41, 5.74) is 7.47. The summed E-state index contributed by atoms with van der Waals surface area (Å²) in [6.07, 6.45) is 0.220. The monoisotopic (exact) mass is 318 g/mol. The van der Waals surface area contributed by atoms with Crippen LogP contribution in [0.5, 0.6) is 5.75 Å². The Morgan fingerprint density at radius 2 is 1.86 bits per heavy atom. The van der Waals surface area contributed by atoms with Gasteiger partial charge in [-0.3, -0.25) is 9.59 Å². The van der Waals surface area contributed by atoms with Crippen molar-refractivity contribution in [3.8, 4) is 5.75 Å². The third-order valence-corrected chi connectivity index (χ3v) is 4.53. The molecule has 0 saturated carbocycles. The lowest BCUT2D eigenvalue weighted by Gasteiger charge is -2.06. The molecule has 2 amide bonds. The first-order valence-corrected chi connectivity index (χ1v) is 7.56. The lowest BCUT2D eigenvalue weighted by Crippen LogP contribution is -2.18. The van der Waals surface area contributed by atoms with Crippen LogP contribution < -0.4 is 15.8 Å². The van der Waals surface area contributed by atoms with Gasteiger partial charge in [-0.05, 0) is 37.1 Å². The Morgan fingerprint density at radius 1 is 1.23 bits per heavy atom. The third-order valence-electron chi connectivity index (χ3n) is 3.41. The van der Waals surface area contributed by atoms with Gasteiger partial charge in [0, 0.05) is 4.88 Å². The highest BCUT2D eigenvalue weighted by Gasteiger charge is 2.18. The number of carbonyl (C=O) groups excluding carboxylic acids is 2. The number of nitrogens with two attached hydrogens (primary N) is 1. The molecule has 1 aromatic carbocycles. The number of aryl methyl sites for hydroxylation is 1. The molecule has 3 N–H and O–H groups in total. The second kappa shape index (κ2) is 6.62. The molecule has 22 heavy (non-hydrogen) atoms. The Hall–Kier alpha value is -2.34. The van der Waals surface area contributed by atoms with Gasteiger partial charge in [0.2, 0.25) is 5.91 Å². The number of primary amides is 1. The van der Waals surface area contributed by atoms with Crippen molar-refractivity contribution in [1.29, 1.82) is 0 Å². The van der Waals surface area contributed by atoms with Gasteiger partial charge in [-0.25, -0.2) is 0 Å². The molecule has 0 fully saturated rings. The van der Waals surface area contributed by atoms with E-state index < -0.39 is 5.91 Å². The molecule has 0 radical (unpaired) electrons. The van der Waals surface area contributed by atoms with Gasteiger partial charge in [0.1, 0.15) is 10.8 Å². The van der Waals surface area contributed by atoms with E-state index in [1.165, 1.54) is 11.3 Å². The zero-order valence-corrected chi connectivity index (χ0v) is 13.5. The van der Waals surface area contributed by atoms with E-state index in [4.69, 9.17) is 10.5 Å². The lowest BCUT2D eigenvalue weighted by atomic mass is 10.1. The van der Waals surface area contributed by atoms with Gasteiger partial charge in [-0.1, -0.05) is 12.1 Å². The van der Waals surface area contributed by atoms with Gasteiger partial charge in [0.05, 0.1) is 19.1 Å². The van der Waals surface area contributed by atoms with Crippen molar-refractivity contribution in [2.45, 2.75) is 20.3 Å². The molecule has 0 saturated heterocycles. The number of nitrogens with one attached hydrogen (secondary N) is 1. The highest BCUT2D eigenvalue weighted by molar-refractivity contribution is 7.16. The molecule has 0 unspecified atom stereocenters. The molecular formula is C16H18N2O3S. The van der Waals surface area contributed by atoms with Crippen LogP contribution in [0.2, 0.25) is 0 Å². The maximum Gasteiger partial charge on any atom is 0.251 e. The number of carbonyl (C=O) groups is 2. The zero-order valence-electron chi connectivity index (χ0n) is 12.7. The predicted molar refractivity (Wildman–Crippen MR) is 87.6 cm³/mol. The maximum absolute atomic E-state index is 12.1. The maximum atomic E-state index is 12.1. The number of hydrogen-bond donors (Lipinski definition) is 2. The van der Waals surface area contributed by atoms with Crippen molar-refractivity contribution in [2.75, 3.05) is 12.4 Å². The van der Waals surface area contributed by atoms with E-state index in [1.807, 2.05) is 26.0 Å². The zero-order chi connectivity index (χ0) is 16.3. The Balaban J connectivity index is 2.12. The highest BCUT2D eigenvalue weighted by atomic mass is 32.1. The first-order valence-electron chi connectivity index (χ1n) is 6.75. The topological polar surface area (TPSA) is 81.4 Å². The SMILES string of the molecule is COc1ccc(CC(=O)Nc2sc(C)c(C)c2C(N)=O)cc1. The largest absolute Gasteiger partial charge is 0.497 e. The number of ether oxygens (including phenoxy) is 1. The molecule has 0 aliphatic rings. The highest BCUT2D eigenvalue weighted by Crippen LogP contribution is 2.32. The Morgan fingerprint density at radius 3 is 2.41 bits per heavy atom. The van der Waals surface area contributed by atoms with Gasteiger partial charge in [0.25, 0.3) is 5.91 Å². The van der Waals surface area contributed by atoms with Crippen LogP contribution in [0.4, 0.5) is 5.00 Å². The molecule has 0 aliphatic heterocycles. The van der Waals surface area contributed by atoms with E-state index in [1.54, 1.807) is 19.2 Å². The fourth-order valence-electron chi connectivity index (χ4n) is 2.11. The summed E-state index contributed by atoms with van der Waals surface area (Å²) in [7, 11) is 1.59. The Labute approximate surface area is 133 Å². The van der Waals surface area contributed by atoms with Gasteiger partial charge in [0.15, 0.2) is 0 Å². The molecule has 116 valence electrons. The minimum atomic E-state index is -0.526. The van der Waals surface area contributed by atoms with Crippen LogP contribution in [0.1, 0.15) is 26.4 Å². The summed E-state index contributed by atoms with van der Waals surface area (Å²) >= 11 is 1.36. The molecule has 0 bridgehead atoms. The fraction of sp³-hybridized carbons (Fsp3) is 0.250. The van der Waals surface area contributed by atoms with Crippen LogP contribution in [-0.4, -0.2) is 18.9 Å². The molecule has 0 atom stereocenters. The molecule has 2 rings (SSSR count). The molecule has 0 spiro atoms. The van der Waals surface area contributed by atoms with Crippen LogP contribution in [-0.2, 0) is 11.2 Å². The number of rotatable bonds is 5. The number of thiophene rings is 1. The summed E-state index contributed by atoms with van der Waals surface area (Å²) in [5, 5.41) is 3.29. The fourth-order valence-corrected chi connectivity index (χ4v) is 3.19. The molecule has 5 nitrogen and oxygen atoms in total. The van der Waals surface area contributed by atoms with Crippen molar-refractivity contribution in [3.63, 3.8) is 0 Å². The number of hydrogen-bond acceptors (Lipinski definition) is 4. The van der Waals surface area contributed by atoms with E-state index in [-0.39, 0.29) is 12.3 Å². The van der Waals surface area contributed by atoms with Gasteiger partial charge in [-0.15, -0.1) is 11.3 Å². The minimum Gasteiger partial charge on any atom is -0.497 e. The average Bonchev–Trinajstić information content (AvgIpc) is 2.74. The standard InChI is InChI=1S/C16H18N2O3S/c1-9-10(2)22-16(14(9)15(17)20)18-13(19)8-11-4-6-12(21-3)7-5-11/h4-7H,8H2,1-3H3,(H2,17,20)(H,18,19). The van der Waals surface area contributed by atoms with Crippen LogP contribution in [0.25, 0.3) is 0 Å². The lowest BCUT2D eigenvalue weighted by molar-refractivity contribution is -0.115. The Bertz CT molecular complexity index is 705. The average molecular weight is 318 g/mol. The van der Waals surface area contributed by atoms with Crippen LogP contribution >= 0.6 is 11.3 Å². The number of benzene rings is 1. The van der Waals surface area contributed by atoms with Crippen molar-refractivity contribution in [3.05, 3.63) is 45.8 Å². The minimum absolute atomic E-state index is 0.186. The first kappa shape index (κ1) is 16.0. The Kier molecular flexibility index (Phi) is 4.82. The van der Waals surface area contributed by atoms with Crippen molar-refractivity contribution >= 4 is 28.2 Å². The molecule has 1 heterocycles. The van der Waals surface area contributed by atoms with Crippen LogP contribution in [0, 0.1) is 13.8 Å². The molecule has 2 aromatic rings. The van der Waals surface area contributed by atoms with E-state index >= 15 is 0 Å². The second-order valence-electron chi connectivity index (χ2n) is 4.92. The van der Waals surface area contributed by atoms with Gasteiger partial charge in [-0.2, -0.15) is 0 Å². The van der Waals surface area contributed by atoms with Crippen molar-refractivity contribution < 1.29 is 14.3 Å². The van der Waals surface area contributed by atoms with Gasteiger partial charge >= 0.3 is 0 Å². The van der Waals surface area contributed by atoms with Crippen molar-refractivity contribution in [1.82, 2.24) is 0 Å². The molecule has 6 heteroatoms. The molecular weight excluding hydrogens is 300 g/mol. The van der Waals surface area contributed by atoms with E-state index in [2.05, 4.69) is 5.32 Å². The predicted octanol–water partition coefficient (Wildman–Crippen LogP) is 2.65. The smallest absolute Gasteiger partial charge is 0.251 e. The molecule has 0 aliphatic carbocycles. The summed E-state index contributed by atoms with van der Waals surface area (Å²) in [4.78, 5) is 24.6. The second-order valence-corrected chi connectivity index (χ2v) is 6.15. The normalized spacial score (nSPS) is 10.3. The number of amides is 2. The van der Waals surface area contributed by atoms with E-state index in [0.29, 0.717) is 10.6 Å². The molecule has 1 aromatic heterocycles.